The molecule has 12 N–H and O–H groups in total. The number of hydrazine groups is 2. The van der Waals surface area contributed by atoms with Crippen LogP contribution in [0.3, 0.4) is 0 Å². The van der Waals surface area contributed by atoms with Gasteiger partial charge < -0.3 is 92.9 Å². The van der Waals surface area contributed by atoms with E-state index >= 15 is 0 Å². The van der Waals surface area contributed by atoms with Gasteiger partial charge in [-0.05, 0) is 142 Å². The van der Waals surface area contributed by atoms with E-state index in [0.717, 1.165) is 65.4 Å². The summed E-state index contributed by atoms with van der Waals surface area (Å²) < 4.78 is 132. The van der Waals surface area contributed by atoms with Crippen LogP contribution in [0.1, 0.15) is 196 Å². The van der Waals surface area contributed by atoms with Crippen molar-refractivity contribution in [2.24, 2.45) is 69.2 Å². The highest BCUT2D eigenvalue weighted by Gasteiger charge is 2.52. The molecule has 0 radical (unpaired) electrons. The Hall–Kier alpha value is -5.50. The van der Waals surface area contributed by atoms with E-state index in [1.807, 2.05) is 81.4 Å². The molecule has 10 rings (SSSR count). The van der Waals surface area contributed by atoms with Crippen molar-refractivity contribution in [3.63, 3.8) is 0 Å². The summed E-state index contributed by atoms with van der Waals surface area (Å²) in [5, 5.41) is 59.0. The molecule has 4 amide bonds. The second-order valence-corrected chi connectivity index (χ2v) is 43.4. The number of thiol groups is 2. The van der Waals surface area contributed by atoms with Gasteiger partial charge in [-0.3, -0.25) is 39.2 Å². The number of hydrogen-bond donors (Lipinski definition) is 14. The van der Waals surface area contributed by atoms with Crippen molar-refractivity contribution in [1.82, 2.24) is 42.5 Å². The van der Waals surface area contributed by atoms with Crippen LogP contribution >= 0.6 is 25.3 Å². The Kier molecular flexibility index (Phi) is 49.3. The lowest BCUT2D eigenvalue weighted by molar-refractivity contribution is -0.253. The second-order valence-electron chi connectivity index (χ2n) is 36.3. The SMILES string of the molecule is CC(=O)NC1C(O)OC(CO)C(O)C1O.CCC1OC(C)C(NC(C)=O)C(C)C1C.CCC1OC2OC(C)=NC2C(C)C1C.CCC1OC2OC(C)=NC2C(C)C1C.C[Si](C)(C)OS(=O)(=O)C(F)(F)F.[3H]ON(CCOC1OC(CC)C(C)C(C)C1NC(C)=O)NC(Cc1ccccc1)C(=O)S.[3H]ON(CCOC1OC(CC)C(C)C(C)C1NC(C)=O)NC(Cc1ccccc1)C(=O)S. The lowest BCUT2D eigenvalue weighted by atomic mass is 9.79. The zero-order chi connectivity index (χ0) is 101. The van der Waals surface area contributed by atoms with Gasteiger partial charge in [0.25, 0.3) is 0 Å². The number of aliphatic imine (C=N–C) groups is 2. The third kappa shape index (κ3) is 37.3. The highest BCUT2D eigenvalue weighted by Crippen LogP contribution is 2.41. The predicted octanol–water partition coefficient (Wildman–Crippen LogP) is 9.35. The Morgan fingerprint density at radius 3 is 1.13 bits per heavy atom. The standard InChI is InChI=1S/2C22H35N3O5S.C12H23NO2.2C11H19NO2.C8H15NO6.C4H9F3O3SSi/c2*1-5-19-14(2)15(3)20(23-16(4)26)22(30-19)29-12-11-25(28)24-18(21(27)31)13-17-9-7-6-8-10-17;1-6-11-7(2)8(3)12(9(4)15-11)13-10(5)14;2*1-5-9-6(2)7(3)10-11(14-9)13-8(4)12-10;1-3(11)9-5-7(13)6(12)4(2-10)15-8(5)14;1-12(2,3)10-11(8,9)4(5,6)7/h2*6-10,14-15,18-20,22,24,28H,5,11-13H2,1-4H3,(H,23,26)(H,27,31);7-9,11-12H,6H2,1-5H3,(H,13,14);2*6-7,9-11H,5H2,1-4H3;4-8,10,12-14H,2H2,1H3,(H,9,11);1-3H3/i2*28T;;;;;. The van der Waals surface area contributed by atoms with Crippen molar-refractivity contribution in [3.05, 3.63) is 71.8 Å². The van der Waals surface area contributed by atoms with E-state index in [2.05, 4.69) is 186 Å². The molecule has 2 aromatic rings. The Morgan fingerprint density at radius 1 is 0.492 bits per heavy atom. The first-order valence-corrected chi connectivity index (χ1v) is 51.6. The molecule has 6 saturated heterocycles. The molecule has 0 aromatic heterocycles. The molecule has 42 heteroatoms. The summed E-state index contributed by atoms with van der Waals surface area (Å²) in [6.07, 6.45) is 0.0655. The monoisotopic (exact) mass is 1960 g/mol. The summed E-state index contributed by atoms with van der Waals surface area (Å²) in [4.78, 5) is 78.1. The molecular weight excluding hydrogens is 1800 g/mol. The predicted molar refractivity (Wildman–Crippen MR) is 499 cm³/mol. The van der Waals surface area contributed by atoms with Crippen LogP contribution in [0.2, 0.25) is 22.5 Å². The number of carbonyl (C=O) groups excluding carboxylic acids is 6. The molecular formula is C90H155F3N10O25S3Si. The number of benzene rings is 2. The van der Waals surface area contributed by atoms with E-state index in [-0.39, 0.29) is 139 Å². The van der Waals surface area contributed by atoms with Crippen LogP contribution < -0.4 is 32.1 Å². The summed E-state index contributed by atoms with van der Waals surface area (Å²) in [5.74, 6) is 4.93. The van der Waals surface area contributed by atoms with E-state index in [1.165, 1.54) is 40.4 Å². The van der Waals surface area contributed by atoms with Gasteiger partial charge in [-0.2, -0.15) is 21.6 Å². The van der Waals surface area contributed by atoms with Gasteiger partial charge in [-0.15, -0.1) is 35.6 Å². The van der Waals surface area contributed by atoms with Gasteiger partial charge in [-0.25, -0.2) is 20.8 Å². The van der Waals surface area contributed by atoms with E-state index in [9.17, 15) is 65.7 Å². The third-order valence-electron chi connectivity index (χ3n) is 25.3. The van der Waals surface area contributed by atoms with E-state index < -0.39 is 91.8 Å². The fraction of sp³-hybridized carbons (Fsp3) is 0.778. The average molecular weight is 1960 g/mol. The van der Waals surface area contributed by atoms with Crippen molar-refractivity contribution in [1.29, 1.82) is 0 Å². The number of hydroxylamine groups is 2. The van der Waals surface area contributed by atoms with E-state index in [4.69, 9.17) is 55.3 Å². The molecule has 8 heterocycles. The first-order chi connectivity index (χ1) is 62.7. The van der Waals surface area contributed by atoms with Crippen molar-refractivity contribution >= 4 is 89.3 Å². The summed E-state index contributed by atoms with van der Waals surface area (Å²) in [7, 11) is -8.10. The topological polar surface area (TPSA) is 463 Å². The number of alkyl halides is 3. The van der Waals surface area contributed by atoms with Crippen LogP contribution in [0.4, 0.5) is 13.2 Å². The van der Waals surface area contributed by atoms with Crippen molar-refractivity contribution in [2.75, 3.05) is 32.9 Å². The molecule has 35 nitrogen and oxygen atoms in total. The molecule has 0 spiro atoms. The number of amides is 4. The summed E-state index contributed by atoms with van der Waals surface area (Å²) in [6.45, 7) is 48.1. The maximum Gasteiger partial charge on any atom is 0.522 e. The Morgan fingerprint density at radius 2 is 0.818 bits per heavy atom. The molecule has 0 aliphatic carbocycles. The smallest absolute Gasteiger partial charge is 0.450 e. The normalized spacial score (nSPS) is 33.6. The number of aliphatic hydroxyl groups is 4. The number of aliphatic hydroxyl groups excluding tert-OH is 4. The molecule has 32 unspecified atom stereocenters. The highest BCUT2D eigenvalue weighted by molar-refractivity contribution is 7.97. The molecule has 132 heavy (non-hydrogen) atoms. The van der Waals surface area contributed by atoms with Gasteiger partial charge in [-0.1, -0.05) is 165 Å². The second kappa shape index (κ2) is 56.5. The summed E-state index contributed by atoms with van der Waals surface area (Å²) in [5.41, 5.74) is 2.35. The minimum absolute atomic E-state index is 0.0266. The van der Waals surface area contributed by atoms with E-state index in [0.29, 0.717) is 66.7 Å². The zero-order valence-corrected chi connectivity index (χ0v) is 84.9. The first-order valence-electron chi connectivity index (χ1n) is 46.7. The Labute approximate surface area is 794 Å². The van der Waals surface area contributed by atoms with Gasteiger partial charge in [0.15, 0.2) is 30.7 Å². The molecule has 0 bridgehead atoms. The van der Waals surface area contributed by atoms with Crippen molar-refractivity contribution in [2.45, 2.75) is 357 Å². The molecule has 0 saturated carbocycles. The maximum absolute atomic E-state index is 12.0. The quantitative estimate of drug-likeness (QED) is 0.0140. The van der Waals surface area contributed by atoms with Crippen molar-refractivity contribution < 1.29 is 135 Å². The minimum atomic E-state index is -5.39. The van der Waals surface area contributed by atoms with Crippen LogP contribution in [0.25, 0.3) is 0 Å². The largest absolute Gasteiger partial charge is 0.522 e. The lowest BCUT2D eigenvalue weighted by Crippen LogP contribution is -2.63. The van der Waals surface area contributed by atoms with Crippen LogP contribution in [-0.2, 0) is 103 Å². The number of nitrogens with one attached hydrogen (secondary N) is 6. The molecule has 8 aliphatic heterocycles. The first kappa shape index (κ1) is 115. The van der Waals surface area contributed by atoms with Gasteiger partial charge in [0.2, 0.25) is 57.6 Å². The fourth-order valence-electron chi connectivity index (χ4n) is 17.0. The van der Waals surface area contributed by atoms with Crippen LogP contribution in [0.15, 0.2) is 70.6 Å². The number of nitrogens with zero attached hydrogens (tertiary/aromatic N) is 4. The van der Waals surface area contributed by atoms with Gasteiger partial charge in [0.05, 0.1) is 99.7 Å². The Balaban J connectivity index is 0.000000340. The number of halogens is 3. The number of hydrogen-bond acceptors (Lipinski definition) is 31. The average Bonchev–Trinajstić information content (AvgIpc) is 1.67. The van der Waals surface area contributed by atoms with Gasteiger partial charge >= 0.3 is 15.6 Å². The maximum atomic E-state index is 12.0. The minimum Gasteiger partial charge on any atom is -0.450 e. The Bertz CT molecular complexity index is 3820. The molecule has 6 fully saturated rings. The zero-order valence-electron chi connectivity index (χ0n) is 83.3. The van der Waals surface area contributed by atoms with Crippen LogP contribution in [0, 0.1) is 59.2 Å². The highest BCUT2D eigenvalue weighted by atomic mass is 32.2. The van der Waals surface area contributed by atoms with Gasteiger partial charge in [0, 0.05) is 41.5 Å². The molecule has 8 aliphatic rings. The molecule has 32 atom stereocenters. The number of fused-ring (bicyclic) bond motifs is 2. The molecule has 2 aromatic carbocycles. The number of ether oxygens (including phenoxy) is 10. The van der Waals surface area contributed by atoms with Crippen LogP contribution in [-0.4, -0.2) is 277 Å². The fourth-order valence-corrected chi connectivity index (χ4v) is 20.3. The third-order valence-corrected chi connectivity index (χ3v) is 29.4. The van der Waals surface area contributed by atoms with E-state index in [1.54, 1.807) is 6.92 Å². The van der Waals surface area contributed by atoms with Gasteiger partial charge in [0.1, 0.15) is 36.4 Å². The number of rotatable bonds is 32. The van der Waals surface area contributed by atoms with Crippen LogP contribution in [0.5, 0.6) is 0 Å². The number of carbonyl (C=O) groups is 6. The van der Waals surface area contributed by atoms with Crippen molar-refractivity contribution in [3.8, 4) is 0 Å². The lowest BCUT2D eigenvalue weighted by Gasteiger charge is -2.44. The summed E-state index contributed by atoms with van der Waals surface area (Å²) >= 11 is 7.91. The molecule has 758 valence electrons. The summed E-state index contributed by atoms with van der Waals surface area (Å²) in [6, 6.07) is 16.6.